The van der Waals surface area contributed by atoms with Crippen LogP contribution in [0.5, 0.6) is 0 Å². The highest BCUT2D eigenvalue weighted by atomic mass is 32.1. The van der Waals surface area contributed by atoms with Gasteiger partial charge in [0, 0.05) is 11.9 Å². The van der Waals surface area contributed by atoms with Gasteiger partial charge in [0.1, 0.15) is 0 Å². The molecule has 1 unspecified atom stereocenters. The highest BCUT2D eigenvalue weighted by Crippen LogP contribution is 2.07. The number of aliphatic hydroxyl groups excluding tert-OH is 1. The van der Waals surface area contributed by atoms with Crippen molar-refractivity contribution < 1.29 is 9.90 Å². The van der Waals surface area contributed by atoms with Gasteiger partial charge in [-0.2, -0.15) is 0 Å². The number of nitrogens with one attached hydrogen (secondary N) is 1. The molecular formula is C9H14N2O2S. The van der Waals surface area contributed by atoms with Gasteiger partial charge in [0.2, 0.25) is 5.91 Å². The van der Waals surface area contributed by atoms with Gasteiger partial charge >= 0.3 is 0 Å². The Balaban J connectivity index is 2.34. The molecule has 1 amide bonds. The molecule has 0 aromatic carbocycles. The Bertz CT molecular complexity index is 310. The maximum atomic E-state index is 11.3. The summed E-state index contributed by atoms with van der Waals surface area (Å²) in [4.78, 5) is 15.4. The monoisotopic (exact) mass is 214 g/mol. The number of carbonyl (C=O) groups excluding carboxylic acids is 1. The van der Waals surface area contributed by atoms with E-state index in [0.717, 1.165) is 10.7 Å². The molecule has 0 aliphatic rings. The van der Waals surface area contributed by atoms with Gasteiger partial charge in [0.05, 0.1) is 23.2 Å². The van der Waals surface area contributed by atoms with E-state index in [1.54, 1.807) is 6.92 Å². The number of aliphatic hydroxyl groups is 1. The first-order chi connectivity index (χ1) is 6.58. The molecule has 0 aliphatic carbocycles. The van der Waals surface area contributed by atoms with Crippen LogP contribution in [0.1, 0.15) is 17.6 Å². The highest BCUT2D eigenvalue weighted by Gasteiger charge is 2.06. The zero-order valence-corrected chi connectivity index (χ0v) is 9.10. The Kier molecular flexibility index (Phi) is 4.03. The van der Waals surface area contributed by atoms with Crippen LogP contribution in [0.2, 0.25) is 0 Å². The quantitative estimate of drug-likeness (QED) is 0.767. The lowest BCUT2D eigenvalue weighted by atomic mass is 10.3. The van der Waals surface area contributed by atoms with E-state index in [1.807, 2.05) is 12.3 Å². The van der Waals surface area contributed by atoms with Gasteiger partial charge in [-0.05, 0) is 13.8 Å². The standard InChI is InChI=1S/C9H14N2O2S/c1-6(12)4-10-9(13)3-8-5-14-7(2)11-8/h5-6,12H,3-4H2,1-2H3,(H,10,13). The molecule has 78 valence electrons. The second-order valence-corrected chi connectivity index (χ2v) is 4.25. The summed E-state index contributed by atoms with van der Waals surface area (Å²) in [5.74, 6) is -0.101. The molecule has 4 nitrogen and oxygen atoms in total. The predicted molar refractivity (Wildman–Crippen MR) is 55.2 cm³/mol. The Morgan fingerprint density at radius 3 is 3.00 bits per heavy atom. The van der Waals surface area contributed by atoms with Crippen molar-refractivity contribution in [3.05, 3.63) is 16.1 Å². The van der Waals surface area contributed by atoms with Crippen LogP contribution in [0.4, 0.5) is 0 Å². The molecule has 1 aromatic rings. The van der Waals surface area contributed by atoms with Crippen molar-refractivity contribution in [2.45, 2.75) is 26.4 Å². The Morgan fingerprint density at radius 1 is 1.79 bits per heavy atom. The summed E-state index contributed by atoms with van der Waals surface area (Å²) < 4.78 is 0. The second-order valence-electron chi connectivity index (χ2n) is 3.19. The minimum absolute atomic E-state index is 0.101. The Labute approximate surface area is 87.0 Å². The number of rotatable bonds is 4. The van der Waals surface area contributed by atoms with Gasteiger partial charge in [-0.1, -0.05) is 0 Å². The molecule has 0 aliphatic heterocycles. The summed E-state index contributed by atoms with van der Waals surface area (Å²) in [6, 6.07) is 0. The van der Waals surface area contributed by atoms with Crippen LogP contribution in [0.25, 0.3) is 0 Å². The van der Waals surface area contributed by atoms with Crippen LogP contribution >= 0.6 is 11.3 Å². The third-order valence-corrected chi connectivity index (χ3v) is 2.43. The third-order valence-electron chi connectivity index (χ3n) is 1.60. The third kappa shape index (κ3) is 3.85. The number of hydrogen-bond acceptors (Lipinski definition) is 4. The fourth-order valence-corrected chi connectivity index (χ4v) is 1.59. The van der Waals surface area contributed by atoms with Crippen LogP contribution in [-0.4, -0.2) is 28.6 Å². The molecule has 1 atom stereocenters. The fourth-order valence-electron chi connectivity index (χ4n) is 0.978. The van der Waals surface area contributed by atoms with E-state index in [-0.39, 0.29) is 12.3 Å². The zero-order valence-electron chi connectivity index (χ0n) is 8.28. The number of aromatic nitrogens is 1. The maximum absolute atomic E-state index is 11.3. The van der Waals surface area contributed by atoms with E-state index in [1.165, 1.54) is 11.3 Å². The summed E-state index contributed by atoms with van der Waals surface area (Å²) in [6.45, 7) is 3.83. The molecule has 0 fully saturated rings. The van der Waals surface area contributed by atoms with Crippen molar-refractivity contribution in [3.63, 3.8) is 0 Å². The number of thiazole rings is 1. The molecule has 0 saturated carbocycles. The molecular weight excluding hydrogens is 200 g/mol. The van der Waals surface area contributed by atoms with Crippen LogP contribution in [0.15, 0.2) is 5.38 Å². The summed E-state index contributed by atoms with van der Waals surface area (Å²) in [5, 5.41) is 14.4. The lowest BCUT2D eigenvalue weighted by molar-refractivity contribution is -0.120. The first-order valence-corrected chi connectivity index (χ1v) is 5.31. The number of carbonyl (C=O) groups is 1. The van der Waals surface area contributed by atoms with Crippen molar-refractivity contribution in [1.29, 1.82) is 0 Å². The van der Waals surface area contributed by atoms with Crippen molar-refractivity contribution in [3.8, 4) is 0 Å². The van der Waals surface area contributed by atoms with Gasteiger partial charge in [0.15, 0.2) is 0 Å². The van der Waals surface area contributed by atoms with Crippen molar-refractivity contribution in [2.75, 3.05) is 6.54 Å². The molecule has 14 heavy (non-hydrogen) atoms. The number of amides is 1. The molecule has 1 heterocycles. The first kappa shape index (κ1) is 11.1. The van der Waals surface area contributed by atoms with E-state index in [0.29, 0.717) is 6.54 Å². The SMILES string of the molecule is Cc1nc(CC(=O)NCC(C)O)cs1. The zero-order chi connectivity index (χ0) is 10.6. The van der Waals surface area contributed by atoms with Gasteiger partial charge in [0.25, 0.3) is 0 Å². The largest absolute Gasteiger partial charge is 0.392 e. The van der Waals surface area contributed by atoms with E-state index in [4.69, 9.17) is 5.11 Å². The van der Waals surface area contributed by atoms with Gasteiger partial charge in [-0.15, -0.1) is 11.3 Å². The normalized spacial score (nSPS) is 12.5. The molecule has 2 N–H and O–H groups in total. The first-order valence-electron chi connectivity index (χ1n) is 4.43. The average Bonchev–Trinajstić information content (AvgIpc) is 2.48. The van der Waals surface area contributed by atoms with Crippen molar-refractivity contribution >= 4 is 17.2 Å². The number of nitrogens with zero attached hydrogens (tertiary/aromatic N) is 1. The predicted octanol–water partition coefficient (Wildman–Crippen LogP) is 0.491. The van der Waals surface area contributed by atoms with Crippen LogP contribution < -0.4 is 5.32 Å². The highest BCUT2D eigenvalue weighted by molar-refractivity contribution is 7.09. The molecule has 0 spiro atoms. The van der Waals surface area contributed by atoms with Gasteiger partial charge < -0.3 is 10.4 Å². The molecule has 1 rings (SSSR count). The molecule has 0 saturated heterocycles. The molecule has 0 radical (unpaired) electrons. The molecule has 0 bridgehead atoms. The number of hydrogen-bond donors (Lipinski definition) is 2. The topological polar surface area (TPSA) is 62.2 Å². The summed E-state index contributed by atoms with van der Waals surface area (Å²) in [6.07, 6.45) is -0.215. The van der Waals surface area contributed by atoms with E-state index in [9.17, 15) is 4.79 Å². The van der Waals surface area contributed by atoms with Crippen molar-refractivity contribution in [1.82, 2.24) is 10.3 Å². The average molecular weight is 214 g/mol. The Morgan fingerprint density at radius 2 is 2.50 bits per heavy atom. The van der Waals surface area contributed by atoms with E-state index >= 15 is 0 Å². The van der Waals surface area contributed by atoms with Crippen LogP contribution in [0.3, 0.4) is 0 Å². The van der Waals surface area contributed by atoms with Gasteiger partial charge in [-0.3, -0.25) is 4.79 Å². The molecule has 1 aromatic heterocycles. The van der Waals surface area contributed by atoms with Crippen LogP contribution in [-0.2, 0) is 11.2 Å². The second kappa shape index (κ2) is 5.07. The lowest BCUT2D eigenvalue weighted by Gasteiger charge is -2.05. The summed E-state index contributed by atoms with van der Waals surface area (Å²) in [7, 11) is 0. The summed E-state index contributed by atoms with van der Waals surface area (Å²) in [5.41, 5.74) is 0.788. The number of aryl methyl sites for hydroxylation is 1. The van der Waals surface area contributed by atoms with Crippen molar-refractivity contribution in [2.24, 2.45) is 0 Å². The minimum Gasteiger partial charge on any atom is -0.392 e. The maximum Gasteiger partial charge on any atom is 0.226 e. The smallest absolute Gasteiger partial charge is 0.226 e. The fraction of sp³-hybridized carbons (Fsp3) is 0.556. The van der Waals surface area contributed by atoms with Crippen LogP contribution in [0, 0.1) is 6.92 Å². The summed E-state index contributed by atoms with van der Waals surface area (Å²) >= 11 is 1.53. The van der Waals surface area contributed by atoms with Gasteiger partial charge in [-0.25, -0.2) is 4.98 Å². The van der Waals surface area contributed by atoms with E-state index in [2.05, 4.69) is 10.3 Å². The molecule has 5 heteroatoms. The minimum atomic E-state index is -0.504. The lowest BCUT2D eigenvalue weighted by Crippen LogP contribution is -2.31. The Hall–Kier alpha value is -0.940. The van der Waals surface area contributed by atoms with E-state index < -0.39 is 6.10 Å².